The Labute approximate surface area is 78.3 Å². The molecule has 0 saturated heterocycles. The van der Waals surface area contributed by atoms with E-state index in [0.29, 0.717) is 0 Å². The van der Waals surface area contributed by atoms with E-state index in [9.17, 15) is 0 Å². The lowest BCUT2D eigenvalue weighted by atomic mass is 10.1. The van der Waals surface area contributed by atoms with Gasteiger partial charge in [0.1, 0.15) is 11.5 Å². The molecule has 1 aliphatic rings. The van der Waals surface area contributed by atoms with Crippen molar-refractivity contribution in [3.05, 3.63) is 47.2 Å². The van der Waals surface area contributed by atoms with Gasteiger partial charge in [-0.1, -0.05) is 18.7 Å². The van der Waals surface area contributed by atoms with Crippen molar-refractivity contribution in [3.63, 3.8) is 0 Å². The summed E-state index contributed by atoms with van der Waals surface area (Å²) in [6, 6.07) is 6.18. The van der Waals surface area contributed by atoms with Crippen LogP contribution in [0.3, 0.4) is 0 Å². The van der Waals surface area contributed by atoms with E-state index in [4.69, 9.17) is 4.74 Å². The van der Waals surface area contributed by atoms with Gasteiger partial charge in [-0.25, -0.2) is 0 Å². The van der Waals surface area contributed by atoms with Crippen molar-refractivity contribution in [2.75, 3.05) is 0 Å². The second-order valence-corrected chi connectivity index (χ2v) is 3.39. The summed E-state index contributed by atoms with van der Waals surface area (Å²) in [6.45, 7) is 7.89. The number of hydrogen-bond acceptors (Lipinski definition) is 1. The standard InChI is InChI=1S/C12H12O/c1-8-4-5-11-7-9(2)10(3)13-12(11)6-8/h4-7H,3H2,1-2H3. The number of ether oxygens (including phenoxy) is 1. The van der Waals surface area contributed by atoms with Crippen LogP contribution in [0.4, 0.5) is 0 Å². The van der Waals surface area contributed by atoms with E-state index in [1.807, 2.05) is 13.0 Å². The fourth-order valence-electron chi connectivity index (χ4n) is 1.38. The molecule has 1 heterocycles. The largest absolute Gasteiger partial charge is 0.457 e. The first-order valence-electron chi connectivity index (χ1n) is 4.33. The van der Waals surface area contributed by atoms with E-state index >= 15 is 0 Å². The molecule has 2 rings (SSSR count). The Bertz CT molecular complexity index is 400. The maximum atomic E-state index is 5.56. The minimum absolute atomic E-state index is 0.748. The van der Waals surface area contributed by atoms with E-state index < -0.39 is 0 Å². The second-order valence-electron chi connectivity index (χ2n) is 3.39. The molecule has 0 aromatic heterocycles. The van der Waals surface area contributed by atoms with Crippen molar-refractivity contribution in [3.8, 4) is 5.75 Å². The number of hydrogen-bond donors (Lipinski definition) is 0. The molecular weight excluding hydrogens is 160 g/mol. The van der Waals surface area contributed by atoms with Gasteiger partial charge in [-0.05, 0) is 37.1 Å². The lowest BCUT2D eigenvalue weighted by Crippen LogP contribution is -2.02. The van der Waals surface area contributed by atoms with Crippen LogP contribution in [0.5, 0.6) is 5.75 Å². The second kappa shape index (κ2) is 2.77. The van der Waals surface area contributed by atoms with Crippen LogP contribution in [0.25, 0.3) is 6.08 Å². The zero-order valence-corrected chi connectivity index (χ0v) is 7.92. The van der Waals surface area contributed by atoms with Crippen molar-refractivity contribution >= 4 is 6.08 Å². The van der Waals surface area contributed by atoms with Gasteiger partial charge in [0.25, 0.3) is 0 Å². The van der Waals surface area contributed by atoms with Crippen LogP contribution in [-0.2, 0) is 0 Å². The van der Waals surface area contributed by atoms with Gasteiger partial charge in [0, 0.05) is 5.56 Å². The third kappa shape index (κ3) is 1.37. The molecular formula is C12H12O. The lowest BCUT2D eigenvalue weighted by molar-refractivity contribution is 0.433. The molecule has 0 bridgehead atoms. The van der Waals surface area contributed by atoms with Crippen LogP contribution in [0.2, 0.25) is 0 Å². The highest BCUT2D eigenvalue weighted by Crippen LogP contribution is 2.31. The number of aryl methyl sites for hydroxylation is 1. The van der Waals surface area contributed by atoms with Gasteiger partial charge in [-0.2, -0.15) is 0 Å². The van der Waals surface area contributed by atoms with Gasteiger partial charge < -0.3 is 4.74 Å². The molecule has 0 fully saturated rings. The molecule has 0 atom stereocenters. The average Bonchev–Trinajstić information content (AvgIpc) is 2.08. The summed E-state index contributed by atoms with van der Waals surface area (Å²) in [4.78, 5) is 0. The summed E-state index contributed by atoms with van der Waals surface area (Å²) in [5.41, 5.74) is 3.44. The first-order valence-corrected chi connectivity index (χ1v) is 4.33. The smallest absolute Gasteiger partial charge is 0.134 e. The van der Waals surface area contributed by atoms with Crippen LogP contribution < -0.4 is 4.74 Å². The first kappa shape index (κ1) is 8.11. The van der Waals surface area contributed by atoms with Crippen LogP contribution in [0.15, 0.2) is 36.1 Å². The number of fused-ring (bicyclic) bond motifs is 1. The molecule has 0 saturated carbocycles. The molecule has 1 aliphatic heterocycles. The van der Waals surface area contributed by atoms with Gasteiger partial charge in [0.05, 0.1) is 0 Å². The monoisotopic (exact) mass is 172 g/mol. The molecule has 1 aromatic rings. The summed E-state index contributed by atoms with van der Waals surface area (Å²) in [5.74, 6) is 1.66. The zero-order chi connectivity index (χ0) is 9.42. The molecule has 66 valence electrons. The predicted molar refractivity (Wildman–Crippen MR) is 54.6 cm³/mol. The highest BCUT2D eigenvalue weighted by molar-refractivity contribution is 5.66. The fourth-order valence-corrected chi connectivity index (χ4v) is 1.38. The Morgan fingerprint density at radius 1 is 1.23 bits per heavy atom. The maximum absolute atomic E-state index is 5.56. The zero-order valence-electron chi connectivity index (χ0n) is 7.92. The molecule has 0 aliphatic carbocycles. The number of benzene rings is 1. The van der Waals surface area contributed by atoms with Crippen molar-refractivity contribution in [2.45, 2.75) is 13.8 Å². The quantitative estimate of drug-likeness (QED) is 0.583. The fraction of sp³-hybridized carbons (Fsp3) is 0.167. The first-order chi connectivity index (χ1) is 6.16. The van der Waals surface area contributed by atoms with Crippen molar-refractivity contribution in [2.24, 2.45) is 0 Å². The van der Waals surface area contributed by atoms with Gasteiger partial charge in [0.15, 0.2) is 0 Å². The van der Waals surface area contributed by atoms with Crippen molar-refractivity contribution < 1.29 is 4.74 Å². The van der Waals surface area contributed by atoms with E-state index in [1.54, 1.807) is 0 Å². The van der Waals surface area contributed by atoms with Crippen molar-refractivity contribution in [1.82, 2.24) is 0 Å². The Hall–Kier alpha value is -1.50. The highest BCUT2D eigenvalue weighted by Gasteiger charge is 2.11. The minimum Gasteiger partial charge on any atom is -0.457 e. The molecule has 0 amide bonds. The number of rotatable bonds is 0. The summed E-state index contributed by atoms with van der Waals surface area (Å²) in [5, 5.41) is 0. The lowest BCUT2D eigenvalue weighted by Gasteiger charge is -2.17. The van der Waals surface area contributed by atoms with Crippen LogP contribution in [-0.4, -0.2) is 0 Å². The summed E-state index contributed by atoms with van der Waals surface area (Å²) < 4.78 is 5.56. The third-order valence-corrected chi connectivity index (χ3v) is 2.21. The number of allylic oxidation sites excluding steroid dienone is 1. The maximum Gasteiger partial charge on any atom is 0.134 e. The molecule has 0 spiro atoms. The summed E-state index contributed by atoms with van der Waals surface area (Å²) in [7, 11) is 0. The van der Waals surface area contributed by atoms with Crippen LogP contribution in [0.1, 0.15) is 18.1 Å². The van der Waals surface area contributed by atoms with Gasteiger partial charge >= 0.3 is 0 Å². The Kier molecular flexibility index (Phi) is 1.73. The van der Waals surface area contributed by atoms with Gasteiger partial charge in [0.2, 0.25) is 0 Å². The Morgan fingerprint density at radius 3 is 2.77 bits per heavy atom. The van der Waals surface area contributed by atoms with Gasteiger partial charge in [-0.15, -0.1) is 0 Å². The van der Waals surface area contributed by atoms with Crippen LogP contribution in [0, 0.1) is 6.92 Å². The topological polar surface area (TPSA) is 9.23 Å². The van der Waals surface area contributed by atoms with Crippen molar-refractivity contribution in [1.29, 1.82) is 0 Å². The van der Waals surface area contributed by atoms with E-state index in [0.717, 1.165) is 22.6 Å². The van der Waals surface area contributed by atoms with E-state index in [-0.39, 0.29) is 0 Å². The highest BCUT2D eigenvalue weighted by atomic mass is 16.5. The van der Waals surface area contributed by atoms with Crippen LogP contribution >= 0.6 is 0 Å². The molecule has 0 unspecified atom stereocenters. The van der Waals surface area contributed by atoms with E-state index in [1.165, 1.54) is 5.56 Å². The van der Waals surface area contributed by atoms with Gasteiger partial charge in [-0.3, -0.25) is 0 Å². The molecule has 13 heavy (non-hydrogen) atoms. The Morgan fingerprint density at radius 2 is 2.00 bits per heavy atom. The average molecular weight is 172 g/mol. The Balaban J connectivity index is 2.56. The minimum atomic E-state index is 0.748. The molecule has 1 nitrogen and oxygen atoms in total. The third-order valence-electron chi connectivity index (χ3n) is 2.21. The summed E-state index contributed by atoms with van der Waals surface area (Å²) in [6.07, 6.45) is 2.10. The normalized spacial score (nSPS) is 14.6. The summed E-state index contributed by atoms with van der Waals surface area (Å²) >= 11 is 0. The predicted octanol–water partition coefficient (Wildman–Crippen LogP) is 3.30. The molecule has 1 aromatic carbocycles. The molecule has 0 radical (unpaired) electrons. The molecule has 1 heteroatoms. The van der Waals surface area contributed by atoms with E-state index in [2.05, 4.69) is 31.7 Å². The SMILES string of the molecule is C=C1Oc2cc(C)ccc2C=C1C. The molecule has 0 N–H and O–H groups in total.